The topological polar surface area (TPSA) is 108 Å². The van der Waals surface area contributed by atoms with Crippen LogP contribution in [0.4, 0.5) is 4.79 Å². The molecule has 0 heterocycles. The van der Waals surface area contributed by atoms with Crippen molar-refractivity contribution in [1.82, 2.24) is 15.5 Å². The van der Waals surface area contributed by atoms with Gasteiger partial charge in [-0.3, -0.25) is 9.59 Å². The summed E-state index contributed by atoms with van der Waals surface area (Å²) in [7, 11) is 0. The van der Waals surface area contributed by atoms with Crippen LogP contribution in [0.2, 0.25) is 0 Å². The number of rotatable bonds is 11. The van der Waals surface area contributed by atoms with E-state index in [2.05, 4.69) is 17.6 Å². The highest BCUT2D eigenvalue weighted by molar-refractivity contribution is 5.92. The summed E-state index contributed by atoms with van der Waals surface area (Å²) in [6.07, 6.45) is 4.79. The van der Waals surface area contributed by atoms with E-state index in [-0.39, 0.29) is 29.5 Å². The van der Waals surface area contributed by atoms with E-state index in [1.54, 1.807) is 37.8 Å². The Balaban J connectivity index is 2.39. The molecule has 0 saturated heterocycles. The minimum absolute atomic E-state index is 0.0871. The Kier molecular flexibility index (Phi) is 10.4. The number of nitrogens with one attached hydrogen (secondary N) is 2. The lowest BCUT2D eigenvalue weighted by Crippen LogP contribution is -2.58. The van der Waals surface area contributed by atoms with Crippen molar-refractivity contribution in [1.29, 1.82) is 0 Å². The quantitative estimate of drug-likeness (QED) is 0.392. The third-order valence-corrected chi connectivity index (χ3v) is 6.14. The average molecular weight is 490 g/mol. The maximum Gasteiger partial charge on any atom is 0.408 e. The van der Waals surface area contributed by atoms with Crippen LogP contribution in [-0.2, 0) is 14.3 Å². The summed E-state index contributed by atoms with van der Waals surface area (Å²) >= 11 is 0. The molecule has 1 aromatic rings. The molecule has 1 aliphatic carbocycles. The van der Waals surface area contributed by atoms with Gasteiger partial charge in [-0.2, -0.15) is 0 Å². The fourth-order valence-electron chi connectivity index (χ4n) is 4.07. The number of unbranched alkanes of at least 4 members (excludes halogenated alkanes) is 2. The highest BCUT2D eigenvalue weighted by Gasteiger charge is 2.42. The lowest BCUT2D eigenvalue weighted by atomic mass is 9.87. The summed E-state index contributed by atoms with van der Waals surface area (Å²) in [4.78, 5) is 41.7. The van der Waals surface area contributed by atoms with E-state index in [1.165, 1.54) is 12.1 Å². The molecule has 1 saturated carbocycles. The lowest BCUT2D eigenvalue weighted by Gasteiger charge is -2.44. The summed E-state index contributed by atoms with van der Waals surface area (Å²) in [6.45, 7) is 11.6. The Bertz CT molecular complexity index is 843. The fourth-order valence-corrected chi connectivity index (χ4v) is 4.07. The van der Waals surface area contributed by atoms with Gasteiger partial charge in [0, 0.05) is 12.6 Å². The molecule has 2 rings (SSSR count). The molecule has 2 atom stereocenters. The molecule has 1 aromatic carbocycles. The van der Waals surface area contributed by atoms with Gasteiger partial charge in [0.15, 0.2) is 0 Å². The molecular weight excluding hydrogens is 446 g/mol. The Morgan fingerprint density at radius 1 is 1.11 bits per heavy atom. The van der Waals surface area contributed by atoms with Crippen molar-refractivity contribution in [2.24, 2.45) is 5.92 Å². The zero-order valence-corrected chi connectivity index (χ0v) is 22.1. The van der Waals surface area contributed by atoms with Gasteiger partial charge in [-0.15, -0.1) is 0 Å². The normalized spacial score (nSPS) is 15.6. The van der Waals surface area contributed by atoms with Crippen molar-refractivity contribution in [3.8, 4) is 5.75 Å². The molecule has 1 fully saturated rings. The number of benzene rings is 1. The first kappa shape index (κ1) is 28.5. The van der Waals surface area contributed by atoms with Crippen molar-refractivity contribution < 1.29 is 24.2 Å². The summed E-state index contributed by atoms with van der Waals surface area (Å²) in [5.41, 5.74) is -0.0780. The van der Waals surface area contributed by atoms with E-state index < -0.39 is 23.8 Å². The molecule has 0 aliphatic heterocycles. The SMILES string of the molecule is CCCCCNC(=O)C(c1ccc(O)cc1)N(C(=O)C(NC(=O)OC(C)(C)C)C(C)C)C1CCC1. The highest BCUT2D eigenvalue weighted by atomic mass is 16.6. The second-order valence-corrected chi connectivity index (χ2v) is 10.7. The van der Waals surface area contributed by atoms with Gasteiger partial charge < -0.3 is 25.4 Å². The van der Waals surface area contributed by atoms with Crippen molar-refractivity contribution >= 4 is 17.9 Å². The maximum atomic E-state index is 14.0. The average Bonchev–Trinajstić information content (AvgIpc) is 2.72. The van der Waals surface area contributed by atoms with Crippen molar-refractivity contribution in [2.75, 3.05) is 6.54 Å². The maximum absolute atomic E-state index is 14.0. The number of carbonyl (C=O) groups excluding carboxylic acids is 3. The van der Waals surface area contributed by atoms with E-state index in [9.17, 15) is 19.5 Å². The van der Waals surface area contributed by atoms with Crippen LogP contribution in [0.25, 0.3) is 0 Å². The molecule has 0 bridgehead atoms. The van der Waals surface area contributed by atoms with Crippen LogP contribution in [0.5, 0.6) is 5.75 Å². The van der Waals surface area contributed by atoms with Crippen LogP contribution < -0.4 is 10.6 Å². The number of aromatic hydroxyl groups is 1. The molecule has 0 spiro atoms. The first-order valence-corrected chi connectivity index (χ1v) is 12.8. The van der Waals surface area contributed by atoms with Crippen LogP contribution in [0.15, 0.2) is 24.3 Å². The number of hydrogen-bond acceptors (Lipinski definition) is 5. The van der Waals surface area contributed by atoms with Crippen LogP contribution >= 0.6 is 0 Å². The molecule has 0 aromatic heterocycles. The Morgan fingerprint density at radius 2 is 1.74 bits per heavy atom. The van der Waals surface area contributed by atoms with Crippen molar-refractivity contribution in [3.63, 3.8) is 0 Å². The number of phenolic OH excluding ortho intramolecular Hbond substituents is 1. The predicted molar refractivity (Wildman–Crippen MR) is 136 cm³/mol. The number of nitrogens with zero attached hydrogens (tertiary/aromatic N) is 1. The standard InChI is InChI=1S/C27H43N3O5/c1-7-8-9-17-28-24(32)23(19-13-15-21(31)16-14-19)30(20-11-10-12-20)25(33)22(18(2)3)29-26(34)35-27(4,5)6/h13-16,18,20,22-23,31H,7-12,17H2,1-6H3,(H,28,32)(H,29,34). The lowest BCUT2D eigenvalue weighted by molar-refractivity contribution is -0.148. The van der Waals surface area contributed by atoms with Gasteiger partial charge in [-0.25, -0.2) is 4.79 Å². The van der Waals surface area contributed by atoms with Crippen LogP contribution in [0, 0.1) is 5.92 Å². The summed E-state index contributed by atoms with van der Waals surface area (Å²) in [5.74, 6) is -0.695. The summed E-state index contributed by atoms with van der Waals surface area (Å²) < 4.78 is 5.40. The zero-order chi connectivity index (χ0) is 26.2. The van der Waals surface area contributed by atoms with Gasteiger partial charge in [0.05, 0.1) is 0 Å². The van der Waals surface area contributed by atoms with Gasteiger partial charge in [-0.1, -0.05) is 45.7 Å². The Morgan fingerprint density at radius 3 is 2.23 bits per heavy atom. The summed E-state index contributed by atoms with van der Waals surface area (Å²) in [6, 6.07) is 4.58. The minimum Gasteiger partial charge on any atom is -0.508 e. The highest BCUT2D eigenvalue weighted by Crippen LogP contribution is 2.34. The number of amides is 3. The van der Waals surface area contributed by atoms with E-state index in [0.717, 1.165) is 38.5 Å². The van der Waals surface area contributed by atoms with Gasteiger partial charge in [-0.05, 0) is 70.1 Å². The third kappa shape index (κ3) is 8.44. The first-order valence-electron chi connectivity index (χ1n) is 12.8. The Hall–Kier alpha value is -2.77. The first-order chi connectivity index (χ1) is 16.4. The molecule has 35 heavy (non-hydrogen) atoms. The molecule has 3 amide bonds. The molecule has 1 aliphatic rings. The zero-order valence-electron chi connectivity index (χ0n) is 22.1. The smallest absolute Gasteiger partial charge is 0.408 e. The molecular formula is C27H43N3O5. The van der Waals surface area contributed by atoms with E-state index in [0.29, 0.717) is 12.1 Å². The monoisotopic (exact) mass is 489 g/mol. The largest absolute Gasteiger partial charge is 0.508 e. The van der Waals surface area contributed by atoms with Crippen LogP contribution in [0.3, 0.4) is 0 Å². The molecule has 196 valence electrons. The number of phenols is 1. The van der Waals surface area contributed by atoms with Crippen molar-refractivity contribution in [3.05, 3.63) is 29.8 Å². The molecule has 8 nitrogen and oxygen atoms in total. The summed E-state index contributed by atoms with van der Waals surface area (Å²) in [5, 5.41) is 15.6. The van der Waals surface area contributed by atoms with Crippen molar-refractivity contribution in [2.45, 2.75) is 104 Å². The number of alkyl carbamates (subject to hydrolysis) is 1. The van der Waals surface area contributed by atoms with Crippen LogP contribution in [-0.4, -0.2) is 52.1 Å². The number of hydrogen-bond donors (Lipinski definition) is 3. The molecule has 8 heteroatoms. The van der Waals surface area contributed by atoms with E-state index in [4.69, 9.17) is 4.74 Å². The molecule has 3 N–H and O–H groups in total. The molecule has 2 unspecified atom stereocenters. The second kappa shape index (κ2) is 12.8. The number of ether oxygens (including phenoxy) is 1. The van der Waals surface area contributed by atoms with E-state index in [1.807, 2.05) is 13.8 Å². The predicted octanol–water partition coefficient (Wildman–Crippen LogP) is 4.67. The van der Waals surface area contributed by atoms with Crippen LogP contribution in [0.1, 0.15) is 91.7 Å². The Labute approximate surface area is 209 Å². The minimum atomic E-state index is -0.864. The van der Waals surface area contributed by atoms with Gasteiger partial charge in [0.1, 0.15) is 23.4 Å². The van der Waals surface area contributed by atoms with Gasteiger partial charge in [0.2, 0.25) is 11.8 Å². The second-order valence-electron chi connectivity index (χ2n) is 10.7. The molecule has 0 radical (unpaired) electrons. The van der Waals surface area contributed by atoms with E-state index >= 15 is 0 Å². The third-order valence-electron chi connectivity index (χ3n) is 6.14. The fraction of sp³-hybridized carbons (Fsp3) is 0.667. The number of carbonyl (C=O) groups is 3. The van der Waals surface area contributed by atoms with Gasteiger partial charge in [0.25, 0.3) is 0 Å². The van der Waals surface area contributed by atoms with Gasteiger partial charge >= 0.3 is 6.09 Å².